The summed E-state index contributed by atoms with van der Waals surface area (Å²) in [6.45, 7) is 2.65. The Morgan fingerprint density at radius 3 is 1.46 bits per heavy atom. The number of methoxy groups -OCH3 is 5. The van der Waals surface area contributed by atoms with Crippen molar-refractivity contribution in [3.8, 4) is 28.7 Å². The number of aliphatic hydroxyl groups is 2. The molecule has 0 fully saturated rings. The second-order valence-electron chi connectivity index (χ2n) is 9.80. The molecule has 0 unspecified atom stereocenters. The number of rotatable bonds is 14. The van der Waals surface area contributed by atoms with Gasteiger partial charge in [0.15, 0.2) is 28.8 Å². The van der Waals surface area contributed by atoms with E-state index in [-0.39, 0.29) is 51.0 Å². The minimum atomic E-state index is -0.368. The number of carbonyl (C=O) groups is 4. The molecule has 0 spiro atoms. The van der Waals surface area contributed by atoms with Crippen molar-refractivity contribution in [2.75, 3.05) is 35.5 Å². The molecule has 3 rings (SSSR count). The molecule has 0 saturated heterocycles. The van der Waals surface area contributed by atoms with Crippen molar-refractivity contribution in [2.45, 2.75) is 41.7 Å². The van der Waals surface area contributed by atoms with Gasteiger partial charge in [-0.05, 0) is 79.6 Å². The Labute approximate surface area is 295 Å². The van der Waals surface area contributed by atoms with Gasteiger partial charge in [0.25, 0.3) is 0 Å². The largest absolute Gasteiger partial charge is 0.508 e. The summed E-state index contributed by atoms with van der Waals surface area (Å²) < 4.78 is 25.5. The lowest BCUT2D eigenvalue weighted by molar-refractivity contribution is -0.124. The van der Waals surface area contributed by atoms with Crippen molar-refractivity contribution in [3.05, 3.63) is 101 Å². The summed E-state index contributed by atoms with van der Waals surface area (Å²) in [6, 6.07) is 15.5. The molecule has 11 heteroatoms. The van der Waals surface area contributed by atoms with E-state index in [4.69, 9.17) is 23.7 Å². The number of ketones is 3. The fraction of sp³-hybridized carbons (Fsp3) is 0.282. The van der Waals surface area contributed by atoms with Crippen molar-refractivity contribution < 1.29 is 53.1 Å². The molecule has 0 saturated carbocycles. The fourth-order valence-electron chi connectivity index (χ4n) is 3.86. The van der Waals surface area contributed by atoms with Gasteiger partial charge in [-0.2, -0.15) is 0 Å². The number of hydrogen-bond acceptors (Lipinski definition) is 11. The highest BCUT2D eigenvalue weighted by Crippen LogP contribution is 2.28. The van der Waals surface area contributed by atoms with Gasteiger partial charge in [0.2, 0.25) is 0 Å². The summed E-state index contributed by atoms with van der Waals surface area (Å²) in [6.07, 6.45) is 7.98. The van der Waals surface area contributed by atoms with Gasteiger partial charge in [-0.15, -0.1) is 0 Å². The lowest BCUT2D eigenvalue weighted by Crippen LogP contribution is -1.97. The van der Waals surface area contributed by atoms with Crippen LogP contribution >= 0.6 is 0 Å². The van der Waals surface area contributed by atoms with Crippen molar-refractivity contribution in [1.29, 1.82) is 0 Å². The number of carbonyl (C=O) groups excluding carboxylic acids is 4. The van der Waals surface area contributed by atoms with E-state index in [9.17, 15) is 29.4 Å². The number of aldehydes is 1. The lowest BCUT2D eigenvalue weighted by Gasteiger charge is -2.07. The fourth-order valence-corrected chi connectivity index (χ4v) is 3.86. The van der Waals surface area contributed by atoms with Crippen LogP contribution in [0.25, 0.3) is 12.2 Å². The zero-order valence-electron chi connectivity index (χ0n) is 28.1. The minimum Gasteiger partial charge on any atom is -0.508 e. The van der Waals surface area contributed by atoms with Crippen LogP contribution < -0.4 is 23.7 Å². The summed E-state index contributed by atoms with van der Waals surface area (Å²) in [5, 5.41) is 19.3. The monoisotopic (exact) mass is 694 g/mol. The topological polar surface area (TPSA) is 155 Å². The Bertz CT molecular complexity index is 1610. The van der Waals surface area contributed by atoms with Crippen LogP contribution in [0.2, 0.25) is 0 Å². The molecule has 0 bridgehead atoms. The van der Waals surface area contributed by atoms with Gasteiger partial charge in [0.05, 0.1) is 48.6 Å². The van der Waals surface area contributed by atoms with Crippen molar-refractivity contribution in [1.82, 2.24) is 0 Å². The summed E-state index contributed by atoms with van der Waals surface area (Å²) in [4.78, 5) is 42.5. The molecule has 0 aliphatic rings. The minimum absolute atomic E-state index is 0. The quantitative estimate of drug-likeness (QED) is 0.0575. The van der Waals surface area contributed by atoms with Gasteiger partial charge in [0, 0.05) is 17.2 Å². The highest BCUT2D eigenvalue weighted by Gasteiger charge is 2.05. The van der Waals surface area contributed by atoms with Crippen LogP contribution in [0.5, 0.6) is 28.7 Å². The Hall–Kier alpha value is -5.68. The summed E-state index contributed by atoms with van der Waals surface area (Å²) in [7, 11) is 7.70. The van der Waals surface area contributed by atoms with Gasteiger partial charge in [-0.1, -0.05) is 39.1 Å². The molecule has 272 valence electrons. The third-order valence-corrected chi connectivity index (χ3v) is 6.10. The van der Waals surface area contributed by atoms with Gasteiger partial charge in [-0.3, -0.25) is 19.2 Å². The molecule has 50 heavy (non-hydrogen) atoms. The first-order valence-corrected chi connectivity index (χ1v) is 14.4. The second kappa shape index (κ2) is 25.4. The SMILES string of the molecule is C.C.CC(=O)CC(C)=O.COc1ccc(/C=C/C(O)=CC(=O)/C=C/c2ccc(OC)c(OC)c2)cc1CO.COc1ccc(C=O)cc1OC. The lowest BCUT2D eigenvalue weighted by atomic mass is 10.1. The molecular formula is C39H50O11. The molecule has 0 aliphatic heterocycles. The zero-order chi connectivity index (χ0) is 36.1. The normalized spacial score (nSPS) is 10.2. The first-order chi connectivity index (χ1) is 22.9. The zero-order valence-corrected chi connectivity index (χ0v) is 28.1. The molecule has 0 heterocycles. The van der Waals surface area contributed by atoms with Crippen molar-refractivity contribution in [3.63, 3.8) is 0 Å². The van der Waals surface area contributed by atoms with E-state index in [2.05, 4.69) is 0 Å². The molecule has 0 radical (unpaired) electrons. The number of allylic oxidation sites excluding steroid dienone is 3. The van der Waals surface area contributed by atoms with E-state index in [0.717, 1.165) is 23.5 Å². The van der Waals surface area contributed by atoms with Crippen molar-refractivity contribution in [2.24, 2.45) is 0 Å². The molecule has 0 atom stereocenters. The maximum absolute atomic E-state index is 12.0. The third kappa shape index (κ3) is 16.9. The smallest absolute Gasteiger partial charge is 0.182 e. The Balaban J connectivity index is 0. The average molecular weight is 695 g/mol. The number of aliphatic hydroxyl groups excluding tert-OH is 2. The maximum Gasteiger partial charge on any atom is 0.182 e. The van der Waals surface area contributed by atoms with Crippen molar-refractivity contribution >= 4 is 35.8 Å². The Morgan fingerprint density at radius 2 is 1.04 bits per heavy atom. The van der Waals surface area contributed by atoms with Gasteiger partial charge >= 0.3 is 0 Å². The van der Waals surface area contributed by atoms with E-state index < -0.39 is 0 Å². The van der Waals surface area contributed by atoms with Gasteiger partial charge < -0.3 is 33.9 Å². The second-order valence-corrected chi connectivity index (χ2v) is 9.80. The Kier molecular flexibility index (Phi) is 23.5. The average Bonchev–Trinajstić information content (AvgIpc) is 3.09. The molecule has 11 nitrogen and oxygen atoms in total. The van der Waals surface area contributed by atoms with Crippen LogP contribution in [0.1, 0.15) is 62.2 Å². The number of benzene rings is 3. The molecule has 3 aromatic carbocycles. The predicted octanol–water partition coefficient (Wildman–Crippen LogP) is 7.29. The van der Waals surface area contributed by atoms with E-state index in [1.54, 1.807) is 81.0 Å². The first-order valence-electron chi connectivity index (χ1n) is 14.4. The molecule has 0 amide bonds. The maximum atomic E-state index is 12.0. The molecule has 2 N–H and O–H groups in total. The Morgan fingerprint density at radius 1 is 0.620 bits per heavy atom. The predicted molar refractivity (Wildman–Crippen MR) is 197 cm³/mol. The van der Waals surface area contributed by atoms with Crippen LogP contribution in [0.3, 0.4) is 0 Å². The van der Waals surface area contributed by atoms with Crippen LogP contribution in [0, 0.1) is 0 Å². The van der Waals surface area contributed by atoms with Gasteiger partial charge in [0.1, 0.15) is 29.4 Å². The van der Waals surface area contributed by atoms with Crippen LogP contribution in [0.15, 0.2) is 78.6 Å². The summed E-state index contributed by atoms with van der Waals surface area (Å²) in [5.41, 5.74) is 2.72. The molecule has 3 aromatic rings. The highest BCUT2D eigenvalue weighted by molar-refractivity contribution is 6.02. The van der Waals surface area contributed by atoms with Crippen LogP contribution in [-0.2, 0) is 21.0 Å². The highest BCUT2D eigenvalue weighted by atomic mass is 16.5. The van der Waals surface area contributed by atoms with E-state index in [1.165, 1.54) is 47.3 Å². The number of ether oxygens (including phenoxy) is 5. The van der Waals surface area contributed by atoms with Gasteiger partial charge in [-0.25, -0.2) is 0 Å². The number of Topliss-reactive ketones (excluding diaryl/α,β-unsaturated/α-hetero) is 2. The van der Waals surface area contributed by atoms with E-state index in [0.29, 0.717) is 39.9 Å². The first kappa shape index (κ1) is 46.4. The van der Waals surface area contributed by atoms with Crippen LogP contribution in [-0.4, -0.2) is 69.4 Å². The third-order valence-electron chi connectivity index (χ3n) is 6.10. The van der Waals surface area contributed by atoms with E-state index >= 15 is 0 Å². The molecular weight excluding hydrogens is 644 g/mol. The summed E-state index contributed by atoms with van der Waals surface area (Å²) in [5.74, 6) is 2.26. The molecule has 0 aromatic heterocycles. The molecule has 0 aliphatic carbocycles. The summed E-state index contributed by atoms with van der Waals surface area (Å²) >= 11 is 0. The van der Waals surface area contributed by atoms with E-state index in [1.807, 2.05) is 0 Å². The van der Waals surface area contributed by atoms with Crippen LogP contribution in [0.4, 0.5) is 0 Å². The number of hydrogen-bond donors (Lipinski definition) is 2. The standard InChI is InChI=1S/C23H24O6.C9H10O3.C5H8O2.2CH4/c1-27-21-10-6-16(12-18(21)15-24)4-8-19(25)14-20(26)9-5-17-7-11-22(28-2)23(13-17)29-3;1-11-8-4-3-7(6-10)5-9(8)12-2;1-4(6)3-5(2)7;;/h4-14,24-25H,15H2,1-3H3;3-6H,1-2H3;3H2,1-2H3;2*1H4/b8-4+,9-5+,19-14?;;;;.